The quantitative estimate of drug-likeness (QED) is 0.0669. The Kier molecular flexibility index (Phi) is 29.8. The summed E-state index contributed by atoms with van der Waals surface area (Å²) >= 11 is 0.415. The Bertz CT molecular complexity index is 3120. The van der Waals surface area contributed by atoms with E-state index >= 15 is 0 Å². The predicted octanol–water partition coefficient (Wildman–Crippen LogP) is 16.3. The van der Waals surface area contributed by atoms with Crippen LogP contribution in [0.1, 0.15) is 241 Å². The Morgan fingerprint density at radius 3 is 1.16 bits per heavy atom. The maximum absolute atomic E-state index is 12.3. The van der Waals surface area contributed by atoms with Crippen LogP contribution in [-0.2, 0) is 30.6 Å². The molecule has 3 aromatic carbocycles. The molecule has 6 aromatic rings. The average molecular weight is 1300 g/mol. The van der Waals surface area contributed by atoms with Crippen molar-refractivity contribution in [1.29, 1.82) is 0 Å². The Morgan fingerprint density at radius 2 is 0.854 bits per heavy atom. The predicted molar refractivity (Wildman–Crippen MR) is 348 cm³/mol. The summed E-state index contributed by atoms with van der Waals surface area (Å²) in [4.78, 5) is 35.3. The van der Waals surface area contributed by atoms with Crippen LogP contribution in [0, 0.1) is 0 Å². The van der Waals surface area contributed by atoms with E-state index < -0.39 is 24.3 Å². The third kappa shape index (κ3) is 16.6. The number of aromatic nitrogens is 3. The van der Waals surface area contributed by atoms with Crippen molar-refractivity contribution >= 4 is 99.8 Å². The first-order valence-corrected chi connectivity index (χ1v) is 38.0. The van der Waals surface area contributed by atoms with E-state index in [1.165, 1.54) is 187 Å². The van der Waals surface area contributed by atoms with Gasteiger partial charge in [-0.2, -0.15) is 0 Å². The molecule has 9 rings (SSSR count). The van der Waals surface area contributed by atoms with Gasteiger partial charge in [0.25, 0.3) is 0 Å². The number of hydrogen-bond acceptors (Lipinski definition) is 6. The molecule has 0 unspecified atom stereocenters. The maximum Gasteiger partial charge on any atom is 1.00 e. The number of fused-ring (bicyclic) bond motifs is 3. The monoisotopic (exact) mass is 1300 g/mol. The van der Waals surface area contributed by atoms with Crippen molar-refractivity contribution in [1.82, 2.24) is 13.7 Å². The SMILES string of the molecule is C.C=C(C)Br.C=C(C)c1c(C2CCCC2)c2ccc(C(=O)O)cc2n1C.C=C(C)c1c(C2CCCC2)c2ccc(C(=O)OC)cc2n1C.CCC[CH2][Sn]([CH2]CCC)([CH2]CCC)[c]1c(C2CCCC2)c2ccc(C(=O)OC)cc2n1C.[Na+].[OH-]. The zero-order valence-corrected chi connectivity index (χ0v) is 58.0. The van der Waals surface area contributed by atoms with Crippen LogP contribution in [0.3, 0.4) is 0 Å². The summed E-state index contributed by atoms with van der Waals surface area (Å²) in [6.45, 7) is 24.8. The fourth-order valence-electron chi connectivity index (χ4n) is 13.9. The number of carbonyl (C=O) groups excluding carboxylic acids is 2. The zero-order chi connectivity index (χ0) is 57.7. The first kappa shape index (κ1) is 72.4. The van der Waals surface area contributed by atoms with Gasteiger partial charge in [0.1, 0.15) is 0 Å². The number of hydrogen-bond donors (Lipinski definition) is 1. The Hall–Kier alpha value is -3.85. The summed E-state index contributed by atoms with van der Waals surface area (Å²) in [7, 11) is 9.28. The normalized spacial score (nSPS) is 14.3. The number of aryl methyl sites for hydroxylation is 3. The Morgan fingerprint density at radius 1 is 0.561 bits per heavy atom. The van der Waals surface area contributed by atoms with Crippen LogP contribution in [0.4, 0.5) is 0 Å². The van der Waals surface area contributed by atoms with E-state index in [9.17, 15) is 19.5 Å². The van der Waals surface area contributed by atoms with Gasteiger partial charge in [-0.3, -0.25) is 0 Å². The smallest absolute Gasteiger partial charge is 0.870 e. The maximum atomic E-state index is 12.3. The van der Waals surface area contributed by atoms with Crippen LogP contribution in [0.5, 0.6) is 0 Å². The molecule has 3 heterocycles. The van der Waals surface area contributed by atoms with Crippen molar-refractivity contribution in [3.05, 3.63) is 124 Å². The summed E-state index contributed by atoms with van der Waals surface area (Å²) in [5.74, 6) is 0.503. The number of carbonyl (C=O) groups is 3. The largest absolute Gasteiger partial charge is 1.00 e. The third-order valence-electron chi connectivity index (χ3n) is 17.4. The molecule has 0 saturated heterocycles. The second kappa shape index (κ2) is 33.7. The van der Waals surface area contributed by atoms with Crippen molar-refractivity contribution < 1.29 is 64.0 Å². The van der Waals surface area contributed by atoms with Gasteiger partial charge >= 0.3 is 242 Å². The van der Waals surface area contributed by atoms with Gasteiger partial charge in [0, 0.05) is 47.3 Å². The summed E-state index contributed by atoms with van der Waals surface area (Å²) in [5.41, 5.74) is 14.0. The molecule has 3 aliphatic rings. The molecule has 0 bridgehead atoms. The Labute approximate surface area is 527 Å². The number of nitrogens with zero attached hydrogens (tertiary/aromatic N) is 3. The summed E-state index contributed by atoms with van der Waals surface area (Å²) in [5, 5.41) is 13.1. The van der Waals surface area contributed by atoms with Crippen LogP contribution in [0.25, 0.3) is 43.9 Å². The second-order valence-electron chi connectivity index (χ2n) is 23.2. The molecule has 10 nitrogen and oxygen atoms in total. The minimum atomic E-state index is -2.66. The number of esters is 2. The van der Waals surface area contributed by atoms with Gasteiger partial charge in [0.15, 0.2) is 0 Å². The van der Waals surface area contributed by atoms with Crippen molar-refractivity contribution in [3.8, 4) is 0 Å². The number of allylic oxidation sites excluding steroid dienone is 3. The van der Waals surface area contributed by atoms with E-state index in [2.05, 4.69) is 109 Å². The standard InChI is InChI=1S/C19H23NO2.C18H21NO2.C16H18NO2.3C4H9.C3H5Br.CH4.Na.H2O.Sn/c1-12(2)18-17(13-7-5-6-8-13)15-10-9-14(19(21)22-4)11-16(15)20(18)3;1-11(2)17-16(12-6-4-5-7-12)14-9-8-13(18(20)21)10-15(14)19(17)3;1-17-10-14(11-5-3-4-6-11)13-8-7-12(9-15(13)17)16(18)19-2;3*1-3-4-2;1-3(2)4;;;;/h9-11,13H,1,5-8H2,2-4H3;8-10,12H,1,4-7H2,2-3H3,(H,20,21);7-9,11H,3-6H2,1-2H3;3*1,3-4H2,2H3;1H2,2H3;1H4;;1H2;/q;;;;;;;;+1;;/p-1. The summed E-state index contributed by atoms with van der Waals surface area (Å²) in [6, 6.07) is 17.7. The molecule has 3 aliphatic carbocycles. The van der Waals surface area contributed by atoms with Crippen molar-refractivity contribution in [2.24, 2.45) is 21.1 Å². The third-order valence-corrected chi connectivity index (χ3v) is 33.3. The van der Waals surface area contributed by atoms with E-state index in [0.717, 1.165) is 26.7 Å². The number of ether oxygens (including phenoxy) is 2. The number of benzene rings is 3. The molecule has 0 aliphatic heterocycles. The molecular weight excluding hydrogens is 1200 g/mol. The van der Waals surface area contributed by atoms with Gasteiger partial charge in [-0.05, 0) is 109 Å². The molecule has 0 radical (unpaired) electrons. The van der Waals surface area contributed by atoms with Gasteiger partial charge < -0.3 is 24.5 Å². The number of methoxy groups -OCH3 is 2. The van der Waals surface area contributed by atoms with Crippen LogP contribution in [0.2, 0.25) is 13.3 Å². The van der Waals surface area contributed by atoms with Gasteiger partial charge in [-0.15, -0.1) is 0 Å². The molecule has 3 fully saturated rings. The molecule has 3 saturated carbocycles. The minimum Gasteiger partial charge on any atom is -0.870 e. The van der Waals surface area contributed by atoms with Gasteiger partial charge in [-0.25, -0.2) is 9.59 Å². The second-order valence-corrected chi connectivity index (χ2v) is 37.5. The molecule has 0 spiro atoms. The molecule has 13 heteroatoms. The van der Waals surface area contributed by atoms with E-state index in [1.807, 2.05) is 45.2 Å². The number of rotatable bonds is 18. The van der Waals surface area contributed by atoms with E-state index in [4.69, 9.17) is 9.47 Å². The average Bonchev–Trinajstić information content (AvgIpc) is 4.42. The Balaban J connectivity index is 0.000000314. The fourth-order valence-corrected chi connectivity index (χ4v) is 31.8. The first-order chi connectivity index (χ1) is 37.8. The van der Waals surface area contributed by atoms with Crippen LogP contribution in [-0.4, -0.2) is 74.8 Å². The van der Waals surface area contributed by atoms with Crippen molar-refractivity contribution in [2.75, 3.05) is 14.2 Å². The number of carboxylic acid groups (broad SMARTS) is 1. The van der Waals surface area contributed by atoms with Crippen molar-refractivity contribution in [3.63, 3.8) is 0 Å². The van der Waals surface area contributed by atoms with Gasteiger partial charge in [-0.1, -0.05) is 80.9 Å². The zero-order valence-electron chi connectivity index (χ0n) is 51.6. The molecule has 2 N–H and O–H groups in total. The van der Waals surface area contributed by atoms with Gasteiger partial charge in [0.05, 0.1) is 18.2 Å². The van der Waals surface area contributed by atoms with E-state index in [0.29, 0.717) is 34.4 Å². The molecular formula is C69H99BrN3NaO7Sn. The van der Waals surface area contributed by atoms with Crippen LogP contribution in [0.15, 0.2) is 78.8 Å². The van der Waals surface area contributed by atoms with Crippen LogP contribution < -0.4 is 33.3 Å². The fraction of sp³-hybridized carbons (Fsp3) is 0.522. The number of aromatic carboxylic acids is 1. The number of carboxylic acids is 1. The molecule has 3 aromatic heterocycles. The van der Waals surface area contributed by atoms with Gasteiger partial charge in [0.2, 0.25) is 0 Å². The summed E-state index contributed by atoms with van der Waals surface area (Å²) in [6.07, 6.45) is 23.5. The van der Waals surface area contributed by atoms with Crippen LogP contribution >= 0.6 is 15.9 Å². The molecule has 444 valence electrons. The minimum absolute atomic E-state index is 0. The van der Waals surface area contributed by atoms with Crippen molar-refractivity contribution in [2.45, 2.75) is 196 Å². The first-order valence-electron chi connectivity index (χ1n) is 29.7. The number of unbranched alkanes of at least 4 members (excludes halogenated alkanes) is 3. The molecule has 0 atom stereocenters. The number of halogens is 1. The summed E-state index contributed by atoms with van der Waals surface area (Å²) < 4.78 is 24.0. The molecule has 0 amide bonds. The van der Waals surface area contributed by atoms with E-state index in [-0.39, 0.29) is 54.4 Å². The van der Waals surface area contributed by atoms with E-state index in [1.54, 1.807) is 21.4 Å². The topological polar surface area (TPSA) is 135 Å². The molecule has 82 heavy (non-hydrogen) atoms.